The average Bonchev–Trinajstić information content (AvgIpc) is 3.14. The zero-order chi connectivity index (χ0) is 26.5. The Hall–Kier alpha value is -3.99. The van der Waals surface area contributed by atoms with Gasteiger partial charge in [-0.1, -0.05) is 37.4 Å². The second-order valence-corrected chi connectivity index (χ2v) is 9.43. The van der Waals surface area contributed by atoms with Gasteiger partial charge >= 0.3 is 0 Å². The van der Waals surface area contributed by atoms with Crippen molar-refractivity contribution in [2.24, 2.45) is 0 Å². The van der Waals surface area contributed by atoms with Gasteiger partial charge in [-0.25, -0.2) is 14.4 Å². The zero-order valence-electron chi connectivity index (χ0n) is 21.6. The molecule has 0 aliphatic carbocycles. The molecule has 0 saturated carbocycles. The molecular formula is C29H33FN6O. The Kier molecular flexibility index (Phi) is 8.02. The smallest absolute Gasteiger partial charge is 0.282 e. The molecule has 2 aliphatic heterocycles. The van der Waals surface area contributed by atoms with E-state index in [0.29, 0.717) is 26.2 Å². The first-order valence-electron chi connectivity index (χ1n) is 12.6. The van der Waals surface area contributed by atoms with Crippen LogP contribution in [-0.2, 0) is 17.8 Å². The van der Waals surface area contributed by atoms with Gasteiger partial charge in [-0.05, 0) is 43.9 Å². The number of nitrogens with zero attached hydrogens (tertiary/aromatic N) is 6. The number of aromatic nitrogens is 2. The normalized spacial score (nSPS) is 18.1. The molecule has 0 spiro atoms. The van der Waals surface area contributed by atoms with Gasteiger partial charge in [-0.2, -0.15) is 5.26 Å². The van der Waals surface area contributed by atoms with E-state index in [2.05, 4.69) is 70.2 Å². The SMILES string of the molecule is C=Cc1cccc(N2CCCc3c(ncnc3N3CCN(C(=O)C(=C)F)[C@@H](CC#N)C3)C2)c1/C(C)=C\C. The second kappa shape index (κ2) is 11.4. The number of fused-ring (bicyclic) bond motifs is 1. The lowest BCUT2D eigenvalue weighted by atomic mass is 9.97. The van der Waals surface area contributed by atoms with Gasteiger partial charge in [0.25, 0.3) is 5.91 Å². The van der Waals surface area contributed by atoms with Crippen molar-refractivity contribution in [3.05, 3.63) is 72.0 Å². The van der Waals surface area contributed by atoms with Gasteiger partial charge in [0.05, 0.1) is 30.8 Å². The number of hydrogen-bond acceptors (Lipinski definition) is 6. The van der Waals surface area contributed by atoms with Crippen LogP contribution >= 0.6 is 0 Å². The maximum absolute atomic E-state index is 13.6. The van der Waals surface area contributed by atoms with Crippen LogP contribution in [0.4, 0.5) is 15.9 Å². The molecule has 0 bridgehead atoms. The quantitative estimate of drug-likeness (QED) is 0.525. The van der Waals surface area contributed by atoms with Gasteiger partial charge in [-0.15, -0.1) is 0 Å². The molecule has 1 saturated heterocycles. The molecule has 1 amide bonds. The molecule has 37 heavy (non-hydrogen) atoms. The van der Waals surface area contributed by atoms with Crippen LogP contribution in [0.3, 0.4) is 0 Å². The van der Waals surface area contributed by atoms with E-state index in [4.69, 9.17) is 0 Å². The minimum Gasteiger partial charge on any atom is -0.365 e. The monoisotopic (exact) mass is 500 g/mol. The molecule has 192 valence electrons. The number of allylic oxidation sites excluding steroid dienone is 2. The lowest BCUT2D eigenvalue weighted by molar-refractivity contribution is -0.131. The van der Waals surface area contributed by atoms with Crippen LogP contribution in [-0.4, -0.2) is 53.0 Å². The number of anilines is 2. The molecule has 1 aromatic heterocycles. The van der Waals surface area contributed by atoms with E-state index in [1.165, 1.54) is 16.0 Å². The Labute approximate surface area is 218 Å². The fourth-order valence-corrected chi connectivity index (χ4v) is 5.33. The Balaban J connectivity index is 1.65. The van der Waals surface area contributed by atoms with Crippen LogP contribution in [0.5, 0.6) is 0 Å². The highest BCUT2D eigenvalue weighted by atomic mass is 19.1. The number of nitriles is 1. The summed E-state index contributed by atoms with van der Waals surface area (Å²) in [6.07, 6.45) is 7.49. The maximum Gasteiger partial charge on any atom is 0.282 e. The number of carbonyl (C=O) groups excluding carboxylic acids is 1. The summed E-state index contributed by atoms with van der Waals surface area (Å²) in [6.45, 7) is 14.1. The molecular weight excluding hydrogens is 467 g/mol. The summed E-state index contributed by atoms with van der Waals surface area (Å²) in [5, 5.41) is 9.33. The minimum absolute atomic E-state index is 0.114. The summed E-state index contributed by atoms with van der Waals surface area (Å²) in [5.74, 6) is -0.905. The number of hydrogen-bond donors (Lipinski definition) is 0. The molecule has 0 N–H and O–H groups in total. The standard InChI is InChI=1S/C29H33FN6O/c1-5-20(3)27-22(6-2)9-7-11-26(27)34-14-8-10-24-25(18-34)32-19-33-28(24)35-15-16-36(29(37)21(4)30)23(17-35)12-13-31/h5-7,9,11,19,23H,2,4,8,10,12,14-18H2,1,3H3/b20-5-/t23-/m0/s1. The van der Waals surface area contributed by atoms with Crippen molar-refractivity contribution in [1.29, 1.82) is 5.26 Å². The highest BCUT2D eigenvalue weighted by molar-refractivity contribution is 5.91. The zero-order valence-corrected chi connectivity index (χ0v) is 21.6. The van der Waals surface area contributed by atoms with Crippen molar-refractivity contribution in [2.45, 2.75) is 45.7 Å². The van der Waals surface area contributed by atoms with Crippen LogP contribution in [0, 0.1) is 11.3 Å². The largest absolute Gasteiger partial charge is 0.365 e. The Bertz CT molecular complexity index is 1280. The average molecular weight is 501 g/mol. The molecule has 3 heterocycles. The van der Waals surface area contributed by atoms with E-state index in [9.17, 15) is 14.4 Å². The van der Waals surface area contributed by atoms with Gasteiger partial charge in [-0.3, -0.25) is 4.79 Å². The van der Waals surface area contributed by atoms with E-state index in [1.54, 1.807) is 6.33 Å². The fraction of sp³-hybridized carbons (Fsp3) is 0.379. The second-order valence-electron chi connectivity index (χ2n) is 9.43. The third-order valence-corrected chi connectivity index (χ3v) is 7.27. The van der Waals surface area contributed by atoms with E-state index in [1.807, 2.05) is 13.0 Å². The van der Waals surface area contributed by atoms with Crippen molar-refractivity contribution < 1.29 is 9.18 Å². The summed E-state index contributed by atoms with van der Waals surface area (Å²) < 4.78 is 13.6. The topological polar surface area (TPSA) is 76.4 Å². The molecule has 4 rings (SSSR count). The van der Waals surface area contributed by atoms with Gasteiger partial charge in [0.15, 0.2) is 5.83 Å². The van der Waals surface area contributed by atoms with E-state index >= 15 is 0 Å². The molecule has 8 heteroatoms. The van der Waals surface area contributed by atoms with E-state index in [-0.39, 0.29) is 6.42 Å². The Morgan fingerprint density at radius 1 is 1.27 bits per heavy atom. The van der Waals surface area contributed by atoms with Crippen LogP contribution in [0.25, 0.3) is 11.6 Å². The summed E-state index contributed by atoms with van der Waals surface area (Å²) in [7, 11) is 0. The predicted molar refractivity (Wildman–Crippen MR) is 145 cm³/mol. The molecule has 1 atom stereocenters. The van der Waals surface area contributed by atoms with Crippen molar-refractivity contribution in [3.8, 4) is 6.07 Å². The first-order valence-corrected chi connectivity index (χ1v) is 12.6. The number of carbonyl (C=O) groups is 1. The van der Waals surface area contributed by atoms with Crippen LogP contribution in [0.15, 0.2) is 49.6 Å². The Morgan fingerprint density at radius 3 is 2.78 bits per heavy atom. The van der Waals surface area contributed by atoms with Gasteiger partial charge in [0, 0.05) is 43.0 Å². The van der Waals surface area contributed by atoms with Crippen LogP contribution in [0.1, 0.15) is 49.1 Å². The highest BCUT2D eigenvalue weighted by Crippen LogP contribution is 2.35. The van der Waals surface area contributed by atoms with E-state index < -0.39 is 17.8 Å². The minimum atomic E-state index is -1.000. The lowest BCUT2D eigenvalue weighted by Crippen LogP contribution is -2.55. The van der Waals surface area contributed by atoms with Crippen molar-refractivity contribution >= 4 is 29.1 Å². The molecule has 2 aliphatic rings. The number of rotatable bonds is 6. The molecule has 0 radical (unpaired) electrons. The third kappa shape index (κ3) is 5.26. The molecule has 1 fully saturated rings. The van der Waals surface area contributed by atoms with Crippen LogP contribution in [0.2, 0.25) is 0 Å². The maximum atomic E-state index is 13.6. The van der Waals surface area contributed by atoms with Gasteiger partial charge in [0.1, 0.15) is 12.1 Å². The third-order valence-electron chi connectivity index (χ3n) is 7.27. The number of amides is 1. The van der Waals surface area contributed by atoms with Gasteiger partial charge in [0.2, 0.25) is 0 Å². The van der Waals surface area contributed by atoms with Crippen molar-refractivity contribution in [2.75, 3.05) is 36.0 Å². The Morgan fingerprint density at radius 2 is 2.08 bits per heavy atom. The van der Waals surface area contributed by atoms with E-state index in [0.717, 1.165) is 47.7 Å². The number of halogens is 1. The van der Waals surface area contributed by atoms with Crippen molar-refractivity contribution in [3.63, 3.8) is 0 Å². The molecule has 0 unspecified atom stereocenters. The highest BCUT2D eigenvalue weighted by Gasteiger charge is 2.34. The van der Waals surface area contributed by atoms with Crippen LogP contribution < -0.4 is 9.80 Å². The number of piperazine rings is 1. The summed E-state index contributed by atoms with van der Waals surface area (Å²) in [6, 6.07) is 8.02. The van der Waals surface area contributed by atoms with Gasteiger partial charge < -0.3 is 14.7 Å². The molecule has 7 nitrogen and oxygen atoms in total. The summed E-state index contributed by atoms with van der Waals surface area (Å²) in [4.78, 5) is 27.5. The first-order chi connectivity index (χ1) is 17.9. The first kappa shape index (κ1) is 26.1. The lowest BCUT2D eigenvalue weighted by Gasteiger charge is -2.41. The molecule has 2 aromatic rings. The van der Waals surface area contributed by atoms with Crippen molar-refractivity contribution in [1.82, 2.24) is 14.9 Å². The summed E-state index contributed by atoms with van der Waals surface area (Å²) in [5.41, 5.74) is 6.72. The fourth-order valence-electron chi connectivity index (χ4n) is 5.33. The summed E-state index contributed by atoms with van der Waals surface area (Å²) >= 11 is 0. The predicted octanol–water partition coefficient (Wildman–Crippen LogP) is 4.91. The molecule has 1 aromatic carbocycles. The number of benzene rings is 1.